The van der Waals surface area contributed by atoms with Crippen molar-refractivity contribution < 1.29 is 8.78 Å². The summed E-state index contributed by atoms with van der Waals surface area (Å²) >= 11 is 0. The van der Waals surface area contributed by atoms with E-state index in [0.717, 1.165) is 0 Å². The van der Waals surface area contributed by atoms with Crippen LogP contribution in [0.5, 0.6) is 0 Å². The van der Waals surface area contributed by atoms with Crippen LogP contribution in [0.4, 0.5) is 8.78 Å². The van der Waals surface area contributed by atoms with Crippen LogP contribution in [0.3, 0.4) is 0 Å². The van der Waals surface area contributed by atoms with E-state index in [-0.39, 0.29) is 11.4 Å². The number of aliphatic imine (C=N–C) groups is 1. The van der Waals surface area contributed by atoms with E-state index in [0.29, 0.717) is 22.3 Å². The molecule has 0 atom stereocenters. The Labute approximate surface area is 137 Å². The molecule has 2 heterocycles. The van der Waals surface area contributed by atoms with Crippen molar-refractivity contribution in [3.63, 3.8) is 0 Å². The number of nitrogens with zero attached hydrogens (tertiary/aromatic N) is 4. The van der Waals surface area contributed by atoms with Gasteiger partial charge >= 0.3 is 0 Å². The maximum atomic E-state index is 14.8. The van der Waals surface area contributed by atoms with Crippen molar-refractivity contribution in [2.75, 3.05) is 0 Å². The molecule has 0 bridgehead atoms. The molecule has 6 heteroatoms. The number of rotatable bonds is 1. The van der Waals surface area contributed by atoms with E-state index in [1.807, 2.05) is 18.2 Å². The van der Waals surface area contributed by atoms with Crippen molar-refractivity contribution in [1.82, 2.24) is 15.2 Å². The van der Waals surface area contributed by atoms with Crippen molar-refractivity contribution in [1.29, 1.82) is 0 Å². The summed E-state index contributed by atoms with van der Waals surface area (Å²) in [7, 11) is 0. The molecule has 0 fully saturated rings. The molecular formula is C18H14F2N4. The molecule has 0 saturated heterocycles. The number of para-hydroxylation sites is 1. The van der Waals surface area contributed by atoms with Gasteiger partial charge in [-0.1, -0.05) is 36.4 Å². The molecule has 1 aromatic heterocycles. The van der Waals surface area contributed by atoms with Gasteiger partial charge in [-0.05, 0) is 26.0 Å². The molecule has 0 amide bonds. The standard InChI is InChI=1S/C18H14F2N4/c1-17(2)18(19,20)12-8-4-3-7-11(12)15(22-17)16-21-13-9-5-6-10-14(13)23-24-16/h3-10H,1-2H3. The second kappa shape index (κ2) is 4.87. The first-order valence-corrected chi connectivity index (χ1v) is 7.57. The lowest BCUT2D eigenvalue weighted by molar-refractivity contribution is -0.0682. The highest BCUT2D eigenvalue weighted by atomic mass is 19.3. The average Bonchev–Trinajstić information content (AvgIpc) is 2.58. The van der Waals surface area contributed by atoms with Gasteiger partial charge in [-0.15, -0.1) is 10.2 Å². The SMILES string of the molecule is CC1(C)N=C(c2nnc3ccccc3n2)c2ccccc2C1(F)F. The first-order valence-electron chi connectivity index (χ1n) is 7.57. The molecule has 4 nitrogen and oxygen atoms in total. The van der Waals surface area contributed by atoms with Crippen LogP contribution in [-0.4, -0.2) is 26.4 Å². The van der Waals surface area contributed by atoms with Crippen LogP contribution in [0.1, 0.15) is 30.8 Å². The number of hydrogen-bond acceptors (Lipinski definition) is 4. The number of halogens is 2. The minimum absolute atomic E-state index is 0.0586. The van der Waals surface area contributed by atoms with Crippen LogP contribution < -0.4 is 0 Å². The second-order valence-electron chi connectivity index (χ2n) is 6.26. The third kappa shape index (κ3) is 2.02. The Morgan fingerprint density at radius 2 is 1.50 bits per heavy atom. The number of aromatic nitrogens is 3. The zero-order chi connectivity index (χ0) is 16.9. The monoisotopic (exact) mass is 324 g/mol. The molecule has 1 aliphatic rings. The van der Waals surface area contributed by atoms with E-state index in [1.165, 1.54) is 19.9 Å². The number of hydrogen-bond donors (Lipinski definition) is 0. The molecule has 0 aliphatic carbocycles. The highest BCUT2D eigenvalue weighted by molar-refractivity contribution is 6.13. The summed E-state index contributed by atoms with van der Waals surface area (Å²) in [6.07, 6.45) is 0. The largest absolute Gasteiger partial charge is 0.297 e. The molecule has 1 aliphatic heterocycles. The normalized spacial score (nSPS) is 18.1. The summed E-state index contributed by atoms with van der Waals surface area (Å²) in [6.45, 7) is 2.83. The van der Waals surface area contributed by atoms with Gasteiger partial charge < -0.3 is 0 Å². The Bertz CT molecular complexity index is 979. The Hall–Kier alpha value is -2.76. The minimum atomic E-state index is -3.07. The van der Waals surface area contributed by atoms with Crippen LogP contribution >= 0.6 is 0 Å². The third-order valence-corrected chi connectivity index (χ3v) is 4.25. The lowest BCUT2D eigenvalue weighted by atomic mass is 9.83. The smallest absolute Gasteiger partial charge is 0.268 e. The number of alkyl halides is 2. The molecule has 0 spiro atoms. The Balaban J connectivity index is 1.98. The second-order valence-corrected chi connectivity index (χ2v) is 6.26. The van der Waals surface area contributed by atoms with Gasteiger partial charge in [0.25, 0.3) is 5.92 Å². The predicted molar refractivity (Wildman–Crippen MR) is 87.4 cm³/mol. The van der Waals surface area contributed by atoms with Gasteiger partial charge in [-0.25, -0.2) is 4.98 Å². The zero-order valence-electron chi connectivity index (χ0n) is 13.2. The van der Waals surface area contributed by atoms with Crippen LogP contribution in [0.2, 0.25) is 0 Å². The van der Waals surface area contributed by atoms with Gasteiger partial charge in [-0.2, -0.15) is 8.78 Å². The average molecular weight is 324 g/mol. The molecule has 0 radical (unpaired) electrons. The molecule has 3 aromatic rings. The third-order valence-electron chi connectivity index (χ3n) is 4.25. The predicted octanol–water partition coefficient (Wildman–Crippen LogP) is 3.75. The number of fused-ring (bicyclic) bond motifs is 2. The quantitative estimate of drug-likeness (QED) is 0.685. The maximum Gasteiger partial charge on any atom is 0.297 e. The van der Waals surface area contributed by atoms with Gasteiger partial charge in [-0.3, -0.25) is 4.99 Å². The van der Waals surface area contributed by atoms with Gasteiger partial charge in [0, 0.05) is 11.1 Å². The van der Waals surface area contributed by atoms with Gasteiger partial charge in [0.1, 0.15) is 16.8 Å². The first-order chi connectivity index (χ1) is 11.4. The first kappa shape index (κ1) is 14.8. The van der Waals surface area contributed by atoms with Gasteiger partial charge in [0.2, 0.25) is 5.82 Å². The summed E-state index contributed by atoms with van der Waals surface area (Å²) in [6, 6.07) is 13.7. The van der Waals surface area contributed by atoms with E-state index in [9.17, 15) is 8.78 Å². The number of benzene rings is 2. The molecule has 4 rings (SSSR count). The van der Waals surface area contributed by atoms with E-state index >= 15 is 0 Å². The fourth-order valence-electron chi connectivity index (χ4n) is 2.85. The van der Waals surface area contributed by atoms with E-state index in [2.05, 4.69) is 20.2 Å². The molecule has 0 unspecified atom stereocenters. The molecule has 120 valence electrons. The Morgan fingerprint density at radius 1 is 0.833 bits per heavy atom. The molecule has 2 aromatic carbocycles. The fraction of sp³-hybridized carbons (Fsp3) is 0.222. The molecule has 0 saturated carbocycles. The maximum absolute atomic E-state index is 14.8. The summed E-state index contributed by atoms with van der Waals surface area (Å²) in [5.41, 5.74) is 0.342. The molecule has 24 heavy (non-hydrogen) atoms. The zero-order valence-corrected chi connectivity index (χ0v) is 13.2. The van der Waals surface area contributed by atoms with Crippen molar-refractivity contribution in [3.8, 4) is 0 Å². The van der Waals surface area contributed by atoms with Gasteiger partial charge in [0.15, 0.2) is 0 Å². The fourth-order valence-corrected chi connectivity index (χ4v) is 2.85. The topological polar surface area (TPSA) is 51.0 Å². The highest BCUT2D eigenvalue weighted by Crippen LogP contribution is 2.46. The summed E-state index contributed by atoms with van der Waals surface area (Å²) < 4.78 is 29.5. The molecular weight excluding hydrogens is 310 g/mol. The summed E-state index contributed by atoms with van der Waals surface area (Å²) in [5.74, 6) is -2.82. The highest BCUT2D eigenvalue weighted by Gasteiger charge is 2.53. The van der Waals surface area contributed by atoms with Crippen LogP contribution in [-0.2, 0) is 5.92 Å². The lowest BCUT2D eigenvalue weighted by Gasteiger charge is -2.36. The van der Waals surface area contributed by atoms with Crippen molar-refractivity contribution in [2.45, 2.75) is 25.3 Å². The van der Waals surface area contributed by atoms with E-state index < -0.39 is 11.5 Å². The Kier molecular flexibility index (Phi) is 3.00. The van der Waals surface area contributed by atoms with E-state index in [1.54, 1.807) is 24.3 Å². The lowest BCUT2D eigenvalue weighted by Crippen LogP contribution is -2.44. The van der Waals surface area contributed by atoms with Crippen LogP contribution in [0, 0.1) is 0 Å². The minimum Gasteiger partial charge on any atom is -0.268 e. The van der Waals surface area contributed by atoms with Crippen molar-refractivity contribution in [3.05, 3.63) is 65.5 Å². The summed E-state index contributed by atoms with van der Waals surface area (Å²) in [4.78, 5) is 8.75. The van der Waals surface area contributed by atoms with Crippen molar-refractivity contribution in [2.24, 2.45) is 4.99 Å². The van der Waals surface area contributed by atoms with Gasteiger partial charge in [0.05, 0.1) is 5.52 Å². The molecule has 0 N–H and O–H groups in total. The van der Waals surface area contributed by atoms with Crippen LogP contribution in [0.25, 0.3) is 11.0 Å². The Morgan fingerprint density at radius 3 is 2.29 bits per heavy atom. The summed E-state index contributed by atoms with van der Waals surface area (Å²) in [5, 5.41) is 8.24. The van der Waals surface area contributed by atoms with Crippen molar-refractivity contribution >= 4 is 16.7 Å². The van der Waals surface area contributed by atoms with Crippen LogP contribution in [0.15, 0.2) is 53.5 Å². The van der Waals surface area contributed by atoms with E-state index in [4.69, 9.17) is 0 Å².